The minimum Gasteiger partial charge on any atom is -0.461 e. The molecule has 1 N–H and O–H groups in total. The maximum atomic E-state index is 12.5. The van der Waals surface area contributed by atoms with E-state index < -0.39 is 0 Å². The third kappa shape index (κ3) is 3.02. The number of carbonyl (C=O) groups is 1. The second kappa shape index (κ2) is 7.27. The molecule has 0 atom stereocenters. The summed E-state index contributed by atoms with van der Waals surface area (Å²) >= 11 is 0. The van der Waals surface area contributed by atoms with Gasteiger partial charge in [-0.05, 0) is 39.8 Å². The second-order valence-electron chi connectivity index (χ2n) is 6.25. The molecule has 0 radical (unpaired) electrons. The van der Waals surface area contributed by atoms with Crippen LogP contribution in [0.4, 0.5) is 0 Å². The zero-order valence-corrected chi connectivity index (χ0v) is 15.5. The molecule has 0 aliphatic heterocycles. The molecule has 3 rings (SSSR count). The molecule has 6 nitrogen and oxygen atoms in total. The number of esters is 1. The number of nitrogens with one attached hydrogen (secondary N) is 1. The van der Waals surface area contributed by atoms with Crippen LogP contribution in [0.1, 0.15) is 37.0 Å². The summed E-state index contributed by atoms with van der Waals surface area (Å²) in [6.45, 7) is 12.6. The lowest BCUT2D eigenvalue weighted by atomic mass is 10.3. The SMILES string of the molecule is CCOC(=O)c1c(C)nc2n(CC[NH+](CC)CC)c3ccccc3n12. The van der Waals surface area contributed by atoms with Crippen LogP contribution in [0.15, 0.2) is 24.3 Å². The van der Waals surface area contributed by atoms with Crippen molar-refractivity contribution < 1.29 is 14.4 Å². The summed E-state index contributed by atoms with van der Waals surface area (Å²) in [7, 11) is 0. The van der Waals surface area contributed by atoms with Gasteiger partial charge in [0.1, 0.15) is 0 Å². The zero-order valence-electron chi connectivity index (χ0n) is 15.5. The Bertz CT molecular complexity index is 890. The van der Waals surface area contributed by atoms with E-state index in [1.807, 2.05) is 36.4 Å². The number of imidazole rings is 2. The van der Waals surface area contributed by atoms with Gasteiger partial charge in [0, 0.05) is 0 Å². The summed E-state index contributed by atoms with van der Waals surface area (Å²) in [5, 5.41) is 0. The first-order valence-corrected chi connectivity index (χ1v) is 9.09. The van der Waals surface area contributed by atoms with Gasteiger partial charge in [0.2, 0.25) is 5.78 Å². The maximum absolute atomic E-state index is 12.5. The largest absolute Gasteiger partial charge is 0.461 e. The van der Waals surface area contributed by atoms with Crippen LogP contribution in [0.2, 0.25) is 0 Å². The first-order chi connectivity index (χ1) is 12.1. The molecule has 0 unspecified atom stereocenters. The molecule has 0 spiro atoms. The van der Waals surface area contributed by atoms with Gasteiger partial charge >= 0.3 is 5.97 Å². The number of carbonyl (C=O) groups excluding carboxylic acids is 1. The van der Waals surface area contributed by atoms with Crippen molar-refractivity contribution >= 4 is 22.8 Å². The molecule has 0 aliphatic carbocycles. The van der Waals surface area contributed by atoms with Crippen LogP contribution in [0.5, 0.6) is 0 Å². The number of likely N-dealkylation sites (N-methyl/N-ethyl adjacent to an activating group) is 1. The Morgan fingerprint density at radius 3 is 2.48 bits per heavy atom. The summed E-state index contributed by atoms with van der Waals surface area (Å²) in [5.74, 6) is 0.498. The van der Waals surface area contributed by atoms with Crippen molar-refractivity contribution in [2.45, 2.75) is 34.2 Å². The molecule has 0 aliphatic rings. The number of hydrogen-bond donors (Lipinski definition) is 1. The topological polar surface area (TPSA) is 53.0 Å². The molecule has 0 amide bonds. The van der Waals surface area contributed by atoms with Gasteiger partial charge in [0.15, 0.2) is 5.69 Å². The summed E-state index contributed by atoms with van der Waals surface area (Å²) in [6.07, 6.45) is 0. The van der Waals surface area contributed by atoms with Gasteiger partial charge in [0.25, 0.3) is 0 Å². The number of aromatic nitrogens is 3. The summed E-state index contributed by atoms with van der Waals surface area (Å²) in [4.78, 5) is 18.7. The van der Waals surface area contributed by atoms with Crippen molar-refractivity contribution in [2.75, 3.05) is 26.2 Å². The number of para-hydroxylation sites is 2. The number of benzene rings is 1. The molecule has 2 aromatic heterocycles. The Labute approximate surface area is 148 Å². The van der Waals surface area contributed by atoms with Crippen LogP contribution >= 0.6 is 0 Å². The van der Waals surface area contributed by atoms with Gasteiger partial charge < -0.3 is 14.2 Å². The summed E-state index contributed by atoms with van der Waals surface area (Å²) in [6, 6.07) is 8.14. The van der Waals surface area contributed by atoms with Crippen LogP contribution < -0.4 is 4.90 Å². The van der Waals surface area contributed by atoms with Crippen LogP contribution in [0.25, 0.3) is 16.8 Å². The van der Waals surface area contributed by atoms with E-state index in [0.717, 1.165) is 43.0 Å². The van der Waals surface area contributed by atoms with E-state index >= 15 is 0 Å². The fraction of sp³-hybridized carbons (Fsp3) is 0.474. The van der Waals surface area contributed by atoms with Crippen molar-refractivity contribution in [3.8, 4) is 0 Å². The Balaban J connectivity index is 2.16. The van der Waals surface area contributed by atoms with Crippen molar-refractivity contribution in [1.82, 2.24) is 14.0 Å². The average Bonchev–Trinajstić information content (AvgIpc) is 3.10. The number of nitrogens with zero attached hydrogens (tertiary/aromatic N) is 3. The first-order valence-electron chi connectivity index (χ1n) is 9.09. The third-order valence-corrected chi connectivity index (χ3v) is 4.85. The Morgan fingerprint density at radius 2 is 1.84 bits per heavy atom. The number of quaternary nitrogens is 1. The Hall–Kier alpha value is -2.34. The molecule has 6 heteroatoms. The van der Waals surface area contributed by atoms with Crippen LogP contribution in [0, 0.1) is 6.92 Å². The number of ether oxygens (including phenoxy) is 1. The predicted molar refractivity (Wildman–Crippen MR) is 98.3 cm³/mol. The molecular weight excluding hydrogens is 316 g/mol. The molecule has 0 fully saturated rings. The van der Waals surface area contributed by atoms with E-state index in [9.17, 15) is 4.79 Å². The number of hydrogen-bond acceptors (Lipinski definition) is 3. The predicted octanol–water partition coefficient (Wildman–Crippen LogP) is 1.70. The second-order valence-corrected chi connectivity index (χ2v) is 6.25. The van der Waals surface area contributed by atoms with Gasteiger partial charge in [-0.3, -0.25) is 4.40 Å². The number of aryl methyl sites for hydroxylation is 1. The average molecular weight is 343 g/mol. The lowest BCUT2D eigenvalue weighted by Gasteiger charge is -2.15. The van der Waals surface area contributed by atoms with Crippen molar-refractivity contribution in [3.63, 3.8) is 0 Å². The quantitative estimate of drug-likeness (QED) is 0.665. The van der Waals surface area contributed by atoms with E-state index in [1.54, 1.807) is 4.90 Å². The minimum atomic E-state index is -0.315. The molecule has 25 heavy (non-hydrogen) atoms. The third-order valence-electron chi connectivity index (χ3n) is 4.85. The number of fused-ring (bicyclic) bond motifs is 3. The van der Waals surface area contributed by atoms with Gasteiger partial charge in [0.05, 0.1) is 49.5 Å². The highest BCUT2D eigenvalue weighted by molar-refractivity contribution is 5.93. The zero-order chi connectivity index (χ0) is 18.0. The molecule has 0 bridgehead atoms. The highest BCUT2D eigenvalue weighted by atomic mass is 16.5. The fourth-order valence-electron chi connectivity index (χ4n) is 3.45. The van der Waals surface area contributed by atoms with Gasteiger partial charge in [-0.15, -0.1) is 0 Å². The molecule has 0 saturated carbocycles. The molecular formula is C19H27N4O2+. The van der Waals surface area contributed by atoms with Gasteiger partial charge in [-0.25, -0.2) is 9.78 Å². The fourth-order valence-corrected chi connectivity index (χ4v) is 3.45. The molecule has 134 valence electrons. The summed E-state index contributed by atoms with van der Waals surface area (Å²) in [5.41, 5.74) is 3.34. The lowest BCUT2D eigenvalue weighted by Crippen LogP contribution is -3.11. The van der Waals surface area contributed by atoms with E-state index in [-0.39, 0.29) is 5.97 Å². The van der Waals surface area contributed by atoms with Crippen LogP contribution in [0.3, 0.4) is 0 Å². The highest BCUT2D eigenvalue weighted by Gasteiger charge is 2.23. The standard InChI is InChI=1S/C19H26N4O2/c1-5-21(6-2)12-13-22-15-10-8-9-11-16(15)23-17(18(24)25-7-3)14(4)20-19(22)23/h8-11H,5-7,12-13H2,1-4H3/p+1. The minimum absolute atomic E-state index is 0.315. The molecule has 1 aromatic carbocycles. The molecule has 3 aromatic rings. The normalized spacial score (nSPS) is 11.7. The van der Waals surface area contributed by atoms with Crippen LogP contribution in [-0.2, 0) is 11.3 Å². The van der Waals surface area contributed by atoms with Crippen molar-refractivity contribution in [1.29, 1.82) is 0 Å². The Morgan fingerprint density at radius 1 is 1.16 bits per heavy atom. The summed E-state index contributed by atoms with van der Waals surface area (Å²) < 4.78 is 9.42. The maximum Gasteiger partial charge on any atom is 0.357 e. The van der Waals surface area contributed by atoms with E-state index in [2.05, 4.69) is 24.5 Å². The van der Waals surface area contributed by atoms with Crippen LogP contribution in [-0.4, -0.2) is 46.2 Å². The van der Waals surface area contributed by atoms with Gasteiger partial charge in [-0.1, -0.05) is 12.1 Å². The molecule has 2 heterocycles. The monoisotopic (exact) mass is 343 g/mol. The van der Waals surface area contributed by atoms with E-state index in [1.165, 1.54) is 0 Å². The number of rotatable bonds is 7. The van der Waals surface area contributed by atoms with Crippen molar-refractivity contribution in [3.05, 3.63) is 35.7 Å². The lowest BCUT2D eigenvalue weighted by molar-refractivity contribution is -0.897. The molecule has 0 saturated heterocycles. The highest BCUT2D eigenvalue weighted by Crippen LogP contribution is 2.24. The van der Waals surface area contributed by atoms with E-state index in [4.69, 9.17) is 9.72 Å². The first kappa shape index (κ1) is 17.5. The Kier molecular flexibility index (Phi) is 5.08. The van der Waals surface area contributed by atoms with Gasteiger partial charge in [-0.2, -0.15) is 0 Å². The van der Waals surface area contributed by atoms with E-state index in [0.29, 0.717) is 18.0 Å². The van der Waals surface area contributed by atoms with Crippen molar-refractivity contribution in [2.24, 2.45) is 0 Å². The smallest absolute Gasteiger partial charge is 0.357 e.